The molecule has 40 heavy (non-hydrogen) atoms. The van der Waals surface area contributed by atoms with Gasteiger partial charge in [-0.2, -0.15) is 0 Å². The molecular weight excluding hydrogens is 504 g/mol. The Morgan fingerprint density at radius 2 is 1.07 bits per heavy atom. The van der Waals surface area contributed by atoms with Crippen LogP contribution in [-0.4, -0.2) is 29.1 Å². The number of benzene rings is 1. The summed E-state index contributed by atoms with van der Waals surface area (Å²) in [5.41, 5.74) is 0.669. The number of hydrogen-bond acceptors (Lipinski definition) is 5. The molecule has 228 valence electrons. The molecule has 1 rings (SSSR count). The van der Waals surface area contributed by atoms with Crippen molar-refractivity contribution < 1.29 is 29.0 Å². The molecule has 0 heterocycles. The number of carboxylic acids is 1. The number of carbonyl (C=O) groups excluding carboxylic acids is 2. The second-order valence-electron chi connectivity index (χ2n) is 11.2. The molecule has 0 aromatic heterocycles. The zero-order valence-corrected chi connectivity index (χ0v) is 25.4. The van der Waals surface area contributed by atoms with E-state index < -0.39 is 5.97 Å². The molecule has 1 aromatic rings. The summed E-state index contributed by atoms with van der Waals surface area (Å²) in [6.07, 6.45) is 22.4. The van der Waals surface area contributed by atoms with Gasteiger partial charge in [0, 0.05) is 12.8 Å². The summed E-state index contributed by atoms with van der Waals surface area (Å²) in [7, 11) is 0. The minimum absolute atomic E-state index is 0.0507. The van der Waals surface area contributed by atoms with E-state index in [2.05, 4.69) is 13.8 Å². The van der Waals surface area contributed by atoms with Gasteiger partial charge in [0.1, 0.15) is 11.9 Å². The van der Waals surface area contributed by atoms with Crippen molar-refractivity contribution in [3.63, 3.8) is 0 Å². The fourth-order valence-corrected chi connectivity index (χ4v) is 4.91. The van der Waals surface area contributed by atoms with Gasteiger partial charge in [-0.15, -0.1) is 0 Å². The van der Waals surface area contributed by atoms with Gasteiger partial charge in [0.2, 0.25) is 0 Å². The molecule has 0 bridgehead atoms. The third-order valence-electron chi connectivity index (χ3n) is 7.33. The summed E-state index contributed by atoms with van der Waals surface area (Å²) >= 11 is 0. The van der Waals surface area contributed by atoms with E-state index in [0.717, 1.165) is 57.8 Å². The monoisotopic (exact) mass is 560 g/mol. The molecule has 6 nitrogen and oxygen atoms in total. The van der Waals surface area contributed by atoms with Gasteiger partial charge < -0.3 is 14.6 Å². The molecule has 0 fully saturated rings. The summed E-state index contributed by atoms with van der Waals surface area (Å²) in [6.45, 7) is 4.48. The number of hydrogen-bond donors (Lipinski definition) is 1. The highest BCUT2D eigenvalue weighted by atomic mass is 16.5. The van der Waals surface area contributed by atoms with Crippen molar-refractivity contribution >= 4 is 17.9 Å². The summed E-state index contributed by atoms with van der Waals surface area (Å²) in [6, 6.07) is 6.57. The number of unbranched alkanes of at least 4 members (excludes halogenated alkanes) is 14. The Labute approximate surface area is 243 Å². The standard InChI is InChI=1S/C34H56O6/c1-3-5-7-9-12-16-20-30(21-17-13-10-8-6-4-2)39-33(37)22-18-14-11-15-19-23-34(38)40-31-26-24-29(25-27-31)28-32(35)36/h24-27,30H,3-23,28H2,1-2H3,(H,35,36). The van der Waals surface area contributed by atoms with Crippen LogP contribution in [0.25, 0.3) is 0 Å². The predicted octanol–water partition coefficient (Wildman–Crippen LogP) is 9.36. The lowest BCUT2D eigenvalue weighted by Gasteiger charge is -2.18. The third kappa shape index (κ3) is 20.5. The van der Waals surface area contributed by atoms with Gasteiger partial charge in [-0.1, -0.05) is 109 Å². The van der Waals surface area contributed by atoms with Crippen LogP contribution in [0, 0.1) is 0 Å². The fraction of sp³-hybridized carbons (Fsp3) is 0.735. The Kier molecular flexibility index (Phi) is 21.8. The molecule has 0 amide bonds. The lowest BCUT2D eigenvalue weighted by atomic mass is 10.0. The Morgan fingerprint density at radius 3 is 1.57 bits per heavy atom. The van der Waals surface area contributed by atoms with Crippen LogP contribution in [0.4, 0.5) is 0 Å². The smallest absolute Gasteiger partial charge is 0.311 e. The van der Waals surface area contributed by atoms with E-state index in [1.807, 2.05) is 0 Å². The van der Waals surface area contributed by atoms with Crippen LogP contribution < -0.4 is 4.74 Å². The van der Waals surface area contributed by atoms with E-state index in [-0.39, 0.29) is 24.5 Å². The quantitative estimate of drug-likeness (QED) is 0.0689. The van der Waals surface area contributed by atoms with Gasteiger partial charge in [-0.3, -0.25) is 14.4 Å². The number of rotatable bonds is 26. The zero-order valence-electron chi connectivity index (χ0n) is 25.4. The Morgan fingerprint density at radius 1 is 0.625 bits per heavy atom. The maximum Gasteiger partial charge on any atom is 0.311 e. The Hall–Kier alpha value is -2.37. The predicted molar refractivity (Wildman–Crippen MR) is 162 cm³/mol. The summed E-state index contributed by atoms with van der Waals surface area (Å²) in [5.74, 6) is -0.794. The van der Waals surface area contributed by atoms with Gasteiger partial charge in [-0.05, 0) is 56.2 Å². The van der Waals surface area contributed by atoms with Crippen LogP contribution in [0.3, 0.4) is 0 Å². The van der Waals surface area contributed by atoms with Crippen LogP contribution in [0.5, 0.6) is 5.75 Å². The van der Waals surface area contributed by atoms with Crippen molar-refractivity contribution in [1.82, 2.24) is 0 Å². The molecule has 0 aliphatic carbocycles. The van der Waals surface area contributed by atoms with Crippen molar-refractivity contribution in [2.24, 2.45) is 0 Å². The number of ether oxygens (including phenoxy) is 2. The number of esters is 2. The molecule has 0 saturated heterocycles. The molecule has 0 saturated carbocycles. The van der Waals surface area contributed by atoms with Crippen molar-refractivity contribution in [2.45, 2.75) is 161 Å². The van der Waals surface area contributed by atoms with E-state index in [0.29, 0.717) is 24.2 Å². The minimum atomic E-state index is -0.891. The van der Waals surface area contributed by atoms with E-state index >= 15 is 0 Å². The SMILES string of the molecule is CCCCCCCCC(CCCCCCCC)OC(=O)CCCCCCCC(=O)Oc1ccc(CC(=O)O)cc1. The van der Waals surface area contributed by atoms with Crippen LogP contribution in [0.1, 0.15) is 154 Å². The first-order valence-corrected chi connectivity index (χ1v) is 16.2. The molecular formula is C34H56O6. The summed E-state index contributed by atoms with van der Waals surface area (Å²) in [4.78, 5) is 35.3. The van der Waals surface area contributed by atoms with E-state index in [9.17, 15) is 14.4 Å². The second kappa shape index (κ2) is 24.4. The number of carbonyl (C=O) groups is 3. The summed E-state index contributed by atoms with van der Waals surface area (Å²) in [5, 5.41) is 8.82. The average Bonchev–Trinajstić information content (AvgIpc) is 2.92. The van der Waals surface area contributed by atoms with Gasteiger partial charge in [0.05, 0.1) is 6.42 Å². The Bertz CT molecular complexity index is 772. The van der Waals surface area contributed by atoms with Crippen molar-refractivity contribution in [3.05, 3.63) is 29.8 Å². The molecule has 6 heteroatoms. The van der Waals surface area contributed by atoms with E-state index in [1.165, 1.54) is 64.2 Å². The highest BCUT2D eigenvalue weighted by molar-refractivity contribution is 5.73. The zero-order chi connectivity index (χ0) is 29.3. The van der Waals surface area contributed by atoms with E-state index in [1.54, 1.807) is 24.3 Å². The molecule has 0 atom stereocenters. The van der Waals surface area contributed by atoms with Gasteiger partial charge in [0.25, 0.3) is 0 Å². The molecule has 0 radical (unpaired) electrons. The maximum absolute atomic E-state index is 12.5. The fourth-order valence-electron chi connectivity index (χ4n) is 4.91. The first-order valence-electron chi connectivity index (χ1n) is 16.2. The number of carboxylic acid groups (broad SMARTS) is 1. The largest absolute Gasteiger partial charge is 0.481 e. The van der Waals surface area contributed by atoms with Crippen molar-refractivity contribution in [3.8, 4) is 5.75 Å². The third-order valence-corrected chi connectivity index (χ3v) is 7.33. The van der Waals surface area contributed by atoms with Crippen LogP contribution in [0.2, 0.25) is 0 Å². The lowest BCUT2D eigenvalue weighted by Crippen LogP contribution is -2.18. The molecule has 1 N–H and O–H groups in total. The lowest BCUT2D eigenvalue weighted by molar-refractivity contribution is -0.150. The first-order chi connectivity index (χ1) is 19.4. The summed E-state index contributed by atoms with van der Waals surface area (Å²) < 4.78 is 11.2. The molecule has 0 spiro atoms. The molecule has 0 unspecified atom stereocenters. The molecule has 1 aromatic carbocycles. The highest BCUT2D eigenvalue weighted by Gasteiger charge is 2.14. The van der Waals surface area contributed by atoms with Gasteiger partial charge in [-0.25, -0.2) is 0 Å². The van der Waals surface area contributed by atoms with Crippen LogP contribution in [0.15, 0.2) is 24.3 Å². The van der Waals surface area contributed by atoms with Crippen molar-refractivity contribution in [2.75, 3.05) is 0 Å². The second-order valence-corrected chi connectivity index (χ2v) is 11.2. The van der Waals surface area contributed by atoms with Gasteiger partial charge >= 0.3 is 17.9 Å². The Balaban J connectivity index is 2.18. The number of aliphatic carboxylic acids is 1. The topological polar surface area (TPSA) is 89.9 Å². The van der Waals surface area contributed by atoms with Crippen LogP contribution >= 0.6 is 0 Å². The first kappa shape index (κ1) is 35.7. The molecule has 0 aliphatic heterocycles. The van der Waals surface area contributed by atoms with E-state index in [4.69, 9.17) is 14.6 Å². The van der Waals surface area contributed by atoms with Crippen molar-refractivity contribution in [1.29, 1.82) is 0 Å². The average molecular weight is 561 g/mol. The maximum atomic E-state index is 12.5. The normalized spacial score (nSPS) is 11.1. The highest BCUT2D eigenvalue weighted by Crippen LogP contribution is 2.19. The minimum Gasteiger partial charge on any atom is -0.481 e. The van der Waals surface area contributed by atoms with Gasteiger partial charge in [0.15, 0.2) is 0 Å². The molecule has 0 aliphatic rings. The van der Waals surface area contributed by atoms with Crippen LogP contribution in [-0.2, 0) is 25.5 Å².